The minimum Gasteiger partial charge on any atom is -0.453 e. The molecular weight excluding hydrogens is 374 g/mol. The molecule has 1 aliphatic rings. The zero-order valence-electron chi connectivity index (χ0n) is 17.0. The SMILES string of the molecule is C#Cc1ccc2oc(C(=O)CCC3CCCC(C(=O)c4ccncc4)CC3)cc2c1. The predicted molar refractivity (Wildman–Crippen MR) is 116 cm³/mol. The lowest BCUT2D eigenvalue weighted by atomic mass is 9.90. The number of rotatable bonds is 6. The minimum atomic E-state index is 0.0297. The average molecular weight is 399 g/mol. The van der Waals surface area contributed by atoms with Crippen LogP contribution in [0.3, 0.4) is 0 Å². The molecule has 2 atom stereocenters. The van der Waals surface area contributed by atoms with Gasteiger partial charge in [-0.15, -0.1) is 6.42 Å². The number of carbonyl (C=O) groups excluding carboxylic acids is 2. The van der Waals surface area contributed by atoms with Gasteiger partial charge in [0.2, 0.25) is 0 Å². The third-order valence-electron chi connectivity index (χ3n) is 6.16. The van der Waals surface area contributed by atoms with E-state index in [4.69, 9.17) is 10.8 Å². The van der Waals surface area contributed by atoms with Gasteiger partial charge < -0.3 is 4.42 Å². The van der Waals surface area contributed by atoms with Gasteiger partial charge in [0, 0.05) is 41.2 Å². The standard InChI is InChI=1S/C26H25NO3/c1-2-18-8-11-24-22(16-18)17-25(30-24)23(28)10-7-19-4-3-5-20(9-6-19)26(29)21-12-14-27-15-13-21/h1,8,11-17,19-20H,3-7,9-10H2. The number of nitrogens with zero attached hydrogens (tertiary/aromatic N) is 1. The van der Waals surface area contributed by atoms with Crippen LogP contribution < -0.4 is 0 Å². The zero-order chi connectivity index (χ0) is 20.9. The van der Waals surface area contributed by atoms with E-state index in [9.17, 15) is 9.59 Å². The maximum absolute atomic E-state index is 12.7. The van der Waals surface area contributed by atoms with E-state index in [0.29, 0.717) is 23.7 Å². The summed E-state index contributed by atoms with van der Waals surface area (Å²) in [6, 6.07) is 10.9. The molecule has 2 aromatic heterocycles. The molecule has 0 N–H and O–H groups in total. The van der Waals surface area contributed by atoms with E-state index in [1.807, 2.05) is 18.2 Å². The molecule has 1 aromatic carbocycles. The van der Waals surface area contributed by atoms with E-state index < -0.39 is 0 Å². The van der Waals surface area contributed by atoms with E-state index in [1.54, 1.807) is 30.6 Å². The van der Waals surface area contributed by atoms with Crippen molar-refractivity contribution in [3.05, 3.63) is 65.7 Å². The van der Waals surface area contributed by atoms with E-state index in [2.05, 4.69) is 10.9 Å². The summed E-state index contributed by atoms with van der Waals surface area (Å²) in [7, 11) is 0. The molecule has 1 aliphatic carbocycles. The van der Waals surface area contributed by atoms with Gasteiger partial charge in [-0.2, -0.15) is 0 Å². The molecule has 4 nitrogen and oxygen atoms in total. The number of benzene rings is 1. The smallest absolute Gasteiger partial charge is 0.198 e. The van der Waals surface area contributed by atoms with Gasteiger partial charge in [-0.05, 0) is 68.0 Å². The van der Waals surface area contributed by atoms with E-state index in [-0.39, 0.29) is 17.5 Å². The number of hydrogen-bond acceptors (Lipinski definition) is 4. The van der Waals surface area contributed by atoms with Crippen molar-refractivity contribution in [3.63, 3.8) is 0 Å². The van der Waals surface area contributed by atoms with Crippen molar-refractivity contribution in [1.82, 2.24) is 4.98 Å². The van der Waals surface area contributed by atoms with Crippen LogP contribution in [0.4, 0.5) is 0 Å². The molecular formula is C26H25NO3. The van der Waals surface area contributed by atoms with E-state index in [1.165, 1.54) is 0 Å². The topological polar surface area (TPSA) is 60.2 Å². The molecule has 152 valence electrons. The summed E-state index contributed by atoms with van der Waals surface area (Å²) in [5.74, 6) is 3.81. The Labute approximate surface area is 176 Å². The lowest BCUT2D eigenvalue weighted by Crippen LogP contribution is -2.14. The first-order valence-corrected chi connectivity index (χ1v) is 10.6. The number of hydrogen-bond donors (Lipinski definition) is 0. The van der Waals surface area contributed by atoms with Gasteiger partial charge in [-0.25, -0.2) is 0 Å². The second-order valence-electron chi connectivity index (χ2n) is 8.14. The maximum Gasteiger partial charge on any atom is 0.198 e. The first-order chi connectivity index (χ1) is 14.6. The van der Waals surface area contributed by atoms with Crippen molar-refractivity contribution >= 4 is 22.5 Å². The number of terminal acetylenes is 1. The fourth-order valence-electron chi connectivity index (χ4n) is 4.41. The van der Waals surface area contributed by atoms with E-state index in [0.717, 1.165) is 55.0 Å². The summed E-state index contributed by atoms with van der Waals surface area (Å²) >= 11 is 0. The predicted octanol–water partition coefficient (Wildman–Crippen LogP) is 5.85. The van der Waals surface area contributed by atoms with Crippen LogP contribution in [0.1, 0.15) is 71.4 Å². The van der Waals surface area contributed by atoms with Gasteiger partial charge >= 0.3 is 0 Å². The van der Waals surface area contributed by atoms with Crippen LogP contribution in [0.25, 0.3) is 11.0 Å². The molecule has 1 fully saturated rings. The van der Waals surface area contributed by atoms with Gasteiger partial charge in [0.1, 0.15) is 5.58 Å². The molecule has 0 spiro atoms. The van der Waals surface area contributed by atoms with Gasteiger partial charge in [-0.1, -0.05) is 18.8 Å². The molecule has 0 aliphatic heterocycles. The highest BCUT2D eigenvalue weighted by Crippen LogP contribution is 2.32. The largest absolute Gasteiger partial charge is 0.453 e. The van der Waals surface area contributed by atoms with Crippen molar-refractivity contribution in [3.8, 4) is 12.3 Å². The highest BCUT2D eigenvalue weighted by Gasteiger charge is 2.25. The van der Waals surface area contributed by atoms with Crippen molar-refractivity contribution in [2.45, 2.75) is 44.9 Å². The lowest BCUT2D eigenvalue weighted by Gasteiger charge is -2.14. The van der Waals surface area contributed by atoms with Crippen LogP contribution in [-0.4, -0.2) is 16.6 Å². The molecule has 1 saturated carbocycles. The normalized spacial score (nSPS) is 19.2. The average Bonchev–Trinajstić information content (AvgIpc) is 3.07. The van der Waals surface area contributed by atoms with Crippen LogP contribution in [-0.2, 0) is 0 Å². The summed E-state index contributed by atoms with van der Waals surface area (Å²) in [4.78, 5) is 29.4. The molecule has 0 saturated heterocycles. The van der Waals surface area contributed by atoms with Crippen molar-refractivity contribution in [2.24, 2.45) is 11.8 Å². The molecule has 0 bridgehead atoms. The van der Waals surface area contributed by atoms with Gasteiger partial charge in [-0.3, -0.25) is 14.6 Å². The summed E-state index contributed by atoms with van der Waals surface area (Å²) in [5, 5.41) is 0.862. The Kier molecular flexibility index (Phi) is 6.09. The zero-order valence-corrected chi connectivity index (χ0v) is 17.0. The van der Waals surface area contributed by atoms with Crippen LogP contribution in [0.5, 0.6) is 0 Å². The number of pyridine rings is 1. The van der Waals surface area contributed by atoms with E-state index >= 15 is 0 Å². The fraction of sp³-hybridized carbons (Fsp3) is 0.346. The highest BCUT2D eigenvalue weighted by molar-refractivity contribution is 5.98. The van der Waals surface area contributed by atoms with Crippen LogP contribution in [0, 0.1) is 24.2 Å². The van der Waals surface area contributed by atoms with Gasteiger partial charge in [0.15, 0.2) is 17.3 Å². The summed E-state index contributed by atoms with van der Waals surface area (Å²) in [6.07, 6.45) is 15.0. The summed E-state index contributed by atoms with van der Waals surface area (Å²) in [5.41, 5.74) is 2.21. The summed E-state index contributed by atoms with van der Waals surface area (Å²) in [6.45, 7) is 0. The van der Waals surface area contributed by atoms with Crippen LogP contribution in [0.15, 0.2) is 53.2 Å². The Bertz CT molecular complexity index is 1090. The Balaban J connectivity index is 1.32. The van der Waals surface area contributed by atoms with Crippen molar-refractivity contribution in [2.75, 3.05) is 0 Å². The first kappa shape index (κ1) is 20.1. The van der Waals surface area contributed by atoms with Crippen LogP contribution >= 0.6 is 0 Å². The lowest BCUT2D eigenvalue weighted by molar-refractivity contribution is 0.0903. The molecule has 0 amide bonds. The maximum atomic E-state index is 12.7. The molecule has 2 heterocycles. The summed E-state index contributed by atoms with van der Waals surface area (Å²) < 4.78 is 5.72. The van der Waals surface area contributed by atoms with Gasteiger partial charge in [0.05, 0.1) is 0 Å². The number of ketones is 2. The minimum absolute atomic E-state index is 0.0297. The number of aromatic nitrogens is 1. The Hall–Kier alpha value is -3.19. The quantitative estimate of drug-likeness (QED) is 0.296. The molecule has 2 unspecified atom stereocenters. The number of fused-ring (bicyclic) bond motifs is 1. The molecule has 0 radical (unpaired) electrons. The van der Waals surface area contributed by atoms with Crippen LogP contribution in [0.2, 0.25) is 0 Å². The second kappa shape index (κ2) is 9.09. The Morgan fingerprint density at radius 3 is 2.70 bits per heavy atom. The Morgan fingerprint density at radius 1 is 1.07 bits per heavy atom. The molecule has 30 heavy (non-hydrogen) atoms. The molecule has 3 aromatic rings. The third kappa shape index (κ3) is 4.52. The molecule has 4 heteroatoms. The Morgan fingerprint density at radius 2 is 1.90 bits per heavy atom. The molecule has 4 rings (SSSR count). The first-order valence-electron chi connectivity index (χ1n) is 10.6. The third-order valence-corrected chi connectivity index (χ3v) is 6.16. The van der Waals surface area contributed by atoms with Gasteiger partial charge in [0.25, 0.3) is 0 Å². The highest BCUT2D eigenvalue weighted by atomic mass is 16.3. The number of Topliss-reactive ketones (excluding diaryl/α,β-unsaturated/α-hetero) is 2. The fourth-order valence-corrected chi connectivity index (χ4v) is 4.41. The monoisotopic (exact) mass is 399 g/mol. The van der Waals surface area contributed by atoms with Crippen molar-refractivity contribution in [1.29, 1.82) is 0 Å². The number of furan rings is 1. The second-order valence-corrected chi connectivity index (χ2v) is 8.14. The van der Waals surface area contributed by atoms with Crippen molar-refractivity contribution < 1.29 is 14.0 Å². The number of carbonyl (C=O) groups is 2.